The Morgan fingerprint density at radius 1 is 0.961 bits per heavy atom. The van der Waals surface area contributed by atoms with Crippen molar-refractivity contribution in [3.63, 3.8) is 0 Å². The largest absolute Gasteiger partial charge is 0.468 e. The Kier molecular flexibility index (Phi) is 12.7. The van der Waals surface area contributed by atoms with Crippen LogP contribution < -0.4 is 5.32 Å². The minimum absolute atomic E-state index is 0.0232. The second kappa shape index (κ2) is 15.4. The summed E-state index contributed by atoms with van der Waals surface area (Å²) >= 11 is 0. The fourth-order valence-corrected chi connectivity index (χ4v) is 11.2. The van der Waals surface area contributed by atoms with Gasteiger partial charge in [0.15, 0.2) is 0 Å². The molecule has 12 heteroatoms. The molecule has 7 N–H and O–H groups in total. The van der Waals surface area contributed by atoms with Crippen molar-refractivity contribution in [2.75, 3.05) is 26.8 Å². The number of nitrogens with one attached hydrogen (secondary N) is 1. The van der Waals surface area contributed by atoms with Crippen LogP contribution in [0.4, 0.5) is 0 Å². The van der Waals surface area contributed by atoms with E-state index in [1.807, 2.05) is 13.8 Å². The molecule has 4 aliphatic carbocycles. The summed E-state index contributed by atoms with van der Waals surface area (Å²) in [5.41, 5.74) is -0.652. The number of aliphatic hydroxyl groups excluding tert-OH is 5. The van der Waals surface area contributed by atoms with Crippen LogP contribution in [0.5, 0.6) is 0 Å². The van der Waals surface area contributed by atoms with Crippen molar-refractivity contribution in [2.45, 2.75) is 149 Å². The van der Waals surface area contributed by atoms with Gasteiger partial charge in [-0.05, 0) is 93.8 Å². The summed E-state index contributed by atoms with van der Waals surface area (Å²) in [6.07, 6.45) is -0.384. The van der Waals surface area contributed by atoms with Gasteiger partial charge in [-0.1, -0.05) is 45.8 Å². The van der Waals surface area contributed by atoms with Gasteiger partial charge in [-0.2, -0.15) is 0 Å². The molecule has 0 aromatic carbocycles. The Bertz CT molecular complexity index is 1320. The summed E-state index contributed by atoms with van der Waals surface area (Å²) in [6, 6.07) is 0. The highest BCUT2D eigenvalue weighted by molar-refractivity contribution is 5.82. The van der Waals surface area contributed by atoms with Crippen molar-refractivity contribution in [1.82, 2.24) is 5.32 Å². The molecule has 2 fully saturated rings. The topological polar surface area (TPSA) is 203 Å². The maximum atomic E-state index is 13.1. The minimum atomic E-state index is -1.27. The predicted molar refractivity (Wildman–Crippen MR) is 189 cm³/mol. The third-order valence-corrected chi connectivity index (χ3v) is 14.2. The molecule has 0 aliphatic heterocycles. The molecule has 0 amide bonds. The first kappa shape index (κ1) is 41.8. The molecule has 11 atom stereocenters. The number of carbonyl (C=O) groups is 3. The first-order valence-electron chi connectivity index (χ1n) is 18.8. The molecule has 0 aromatic heterocycles. The fraction of sp³-hybridized carbons (Fsp3) is 0.872. The Morgan fingerprint density at radius 3 is 2.24 bits per heavy atom. The van der Waals surface area contributed by atoms with E-state index in [0.717, 1.165) is 25.7 Å². The van der Waals surface area contributed by atoms with Crippen molar-refractivity contribution in [1.29, 1.82) is 0 Å². The molecule has 0 aromatic rings. The van der Waals surface area contributed by atoms with Gasteiger partial charge >= 0.3 is 11.9 Å². The van der Waals surface area contributed by atoms with Crippen molar-refractivity contribution in [2.24, 2.45) is 39.4 Å². The van der Waals surface area contributed by atoms with E-state index in [9.17, 15) is 45.0 Å². The Hall–Kier alpha value is -1.93. The molecule has 12 nitrogen and oxygen atoms in total. The standard InChI is InChI=1S/C39H65NO11/c1-35(2)29-11-10-26-27(17-31(46)39(7)25(13-14-38(26,39)6)22(21-41)9-12-30(45)36(3,4)49)37(29,5)18-28(44)34(35)51-32(47)16-23(42)15-24(43)19-40-20-33(48)50-8/h22-23,25,28-31,34,40-42,44-46,49H,9-21H2,1-8H3. The van der Waals surface area contributed by atoms with E-state index in [2.05, 4.69) is 30.8 Å². The highest BCUT2D eigenvalue weighted by atomic mass is 16.6. The lowest BCUT2D eigenvalue weighted by Crippen LogP contribution is -2.62. The van der Waals surface area contributed by atoms with Gasteiger partial charge in [-0.3, -0.25) is 14.4 Å². The van der Waals surface area contributed by atoms with Crippen LogP contribution >= 0.6 is 0 Å². The highest BCUT2D eigenvalue weighted by Gasteiger charge is 2.67. The summed E-state index contributed by atoms with van der Waals surface area (Å²) in [4.78, 5) is 36.5. The van der Waals surface area contributed by atoms with Gasteiger partial charge in [-0.15, -0.1) is 0 Å². The van der Waals surface area contributed by atoms with Crippen LogP contribution in [0.15, 0.2) is 11.1 Å². The molecular formula is C39H65NO11. The lowest BCUT2D eigenvalue weighted by molar-refractivity contribution is -0.197. The zero-order valence-electron chi connectivity index (χ0n) is 32.0. The van der Waals surface area contributed by atoms with E-state index >= 15 is 0 Å². The zero-order valence-corrected chi connectivity index (χ0v) is 32.0. The van der Waals surface area contributed by atoms with Gasteiger partial charge in [0.1, 0.15) is 11.9 Å². The monoisotopic (exact) mass is 723 g/mol. The number of allylic oxidation sites excluding steroid dienone is 1. The van der Waals surface area contributed by atoms with Crippen LogP contribution in [-0.2, 0) is 23.9 Å². The average molecular weight is 724 g/mol. The van der Waals surface area contributed by atoms with Crippen LogP contribution in [0, 0.1) is 39.4 Å². The number of ether oxygens (including phenoxy) is 2. The number of methoxy groups -OCH3 is 1. The number of carbonyl (C=O) groups excluding carboxylic acids is 3. The number of Topliss-reactive ketones (excluding diaryl/α,β-unsaturated/α-hetero) is 1. The Balaban J connectivity index is 1.49. The van der Waals surface area contributed by atoms with Crippen LogP contribution in [-0.4, -0.2) is 111 Å². The van der Waals surface area contributed by atoms with E-state index < -0.39 is 70.7 Å². The molecule has 0 heterocycles. The fourth-order valence-electron chi connectivity index (χ4n) is 11.2. The third kappa shape index (κ3) is 7.84. The van der Waals surface area contributed by atoms with E-state index in [-0.39, 0.29) is 55.1 Å². The van der Waals surface area contributed by atoms with E-state index in [0.29, 0.717) is 25.7 Å². The number of fused-ring (bicyclic) bond motifs is 4. The van der Waals surface area contributed by atoms with E-state index in [1.165, 1.54) is 18.3 Å². The van der Waals surface area contributed by atoms with Gasteiger partial charge in [0, 0.05) is 23.9 Å². The van der Waals surface area contributed by atoms with Crippen LogP contribution in [0.25, 0.3) is 0 Å². The summed E-state index contributed by atoms with van der Waals surface area (Å²) in [7, 11) is 1.24. The Labute approximate surface area is 303 Å². The van der Waals surface area contributed by atoms with Gasteiger partial charge in [0.2, 0.25) is 0 Å². The summed E-state index contributed by atoms with van der Waals surface area (Å²) < 4.78 is 10.4. The SMILES string of the molecule is COC(=O)CNCC(=O)CC(O)CC(=O)OC1C(O)CC2(C)C3=C(CCC2C1(C)C)C1(C)CCC(C(CO)CCC(O)C(C)(C)O)C1(C)C(O)C3. The van der Waals surface area contributed by atoms with E-state index in [1.54, 1.807) is 13.8 Å². The molecule has 292 valence electrons. The van der Waals surface area contributed by atoms with Crippen molar-refractivity contribution in [3.8, 4) is 0 Å². The smallest absolute Gasteiger partial charge is 0.319 e. The molecule has 11 unspecified atom stereocenters. The number of rotatable bonds is 15. The van der Waals surface area contributed by atoms with E-state index in [4.69, 9.17) is 4.74 Å². The summed E-state index contributed by atoms with van der Waals surface area (Å²) in [5.74, 6) is -1.67. The Morgan fingerprint density at radius 2 is 1.63 bits per heavy atom. The molecule has 0 radical (unpaired) electrons. The number of esters is 2. The number of ketones is 1. The van der Waals surface area contributed by atoms with Crippen LogP contribution in [0.1, 0.15) is 113 Å². The molecular weight excluding hydrogens is 658 g/mol. The number of hydrogen-bond donors (Lipinski definition) is 7. The molecule has 51 heavy (non-hydrogen) atoms. The lowest BCUT2D eigenvalue weighted by atomic mass is 9.42. The summed E-state index contributed by atoms with van der Waals surface area (Å²) in [5, 5.41) is 68.3. The highest BCUT2D eigenvalue weighted by Crippen LogP contribution is 2.72. The molecule has 4 aliphatic rings. The van der Waals surface area contributed by atoms with Gasteiger partial charge in [-0.25, -0.2) is 0 Å². The predicted octanol–water partition coefficient (Wildman–Crippen LogP) is 2.58. The van der Waals surface area contributed by atoms with Crippen molar-refractivity contribution in [3.05, 3.63) is 11.1 Å². The first-order valence-corrected chi connectivity index (χ1v) is 18.8. The van der Waals surface area contributed by atoms with Gasteiger partial charge in [0.25, 0.3) is 0 Å². The molecule has 0 spiro atoms. The molecule has 0 saturated heterocycles. The average Bonchev–Trinajstić information content (AvgIpc) is 3.31. The summed E-state index contributed by atoms with van der Waals surface area (Å²) in [6.45, 7) is 13.4. The maximum Gasteiger partial charge on any atom is 0.319 e. The second-order valence-corrected chi connectivity index (χ2v) is 17.9. The number of aliphatic hydroxyl groups is 6. The van der Waals surface area contributed by atoms with Crippen molar-refractivity contribution >= 4 is 17.7 Å². The number of hydrogen-bond acceptors (Lipinski definition) is 12. The maximum absolute atomic E-state index is 13.1. The molecule has 0 bridgehead atoms. The minimum Gasteiger partial charge on any atom is -0.468 e. The zero-order chi connectivity index (χ0) is 38.3. The van der Waals surface area contributed by atoms with Crippen LogP contribution in [0.3, 0.4) is 0 Å². The lowest BCUT2D eigenvalue weighted by Gasteiger charge is -2.64. The second-order valence-electron chi connectivity index (χ2n) is 17.9. The van der Waals surface area contributed by atoms with Crippen LogP contribution in [0.2, 0.25) is 0 Å². The first-order chi connectivity index (χ1) is 23.6. The van der Waals surface area contributed by atoms with Crippen molar-refractivity contribution < 1.29 is 54.5 Å². The van der Waals surface area contributed by atoms with Gasteiger partial charge in [0.05, 0.1) is 56.6 Å². The van der Waals surface area contributed by atoms with Gasteiger partial charge < -0.3 is 45.4 Å². The third-order valence-electron chi connectivity index (χ3n) is 14.2. The molecule has 2 saturated carbocycles. The normalized spacial score (nSPS) is 36.3. The molecule has 4 rings (SSSR count). The quantitative estimate of drug-likeness (QED) is 0.0963.